The highest BCUT2D eigenvalue weighted by Gasteiger charge is 2.37. The monoisotopic (exact) mass is 317 g/mol. The van der Waals surface area contributed by atoms with Gasteiger partial charge in [0.05, 0.1) is 11.8 Å². The Morgan fingerprint density at radius 1 is 1.29 bits per heavy atom. The molecule has 1 aromatic carbocycles. The normalized spacial score (nSPS) is 18.3. The van der Waals surface area contributed by atoms with Crippen LogP contribution in [0.2, 0.25) is 5.02 Å². The number of nitrogens with zero attached hydrogens (tertiary/aromatic N) is 3. The average Bonchev–Trinajstić information content (AvgIpc) is 3.00. The summed E-state index contributed by atoms with van der Waals surface area (Å²) in [5.74, 6) is 0. The van der Waals surface area contributed by atoms with Crippen molar-refractivity contribution in [1.82, 2.24) is 9.88 Å². The molecule has 0 spiro atoms. The molecule has 0 radical (unpaired) electrons. The largest absolute Gasteiger partial charge is 0.306 e. The van der Waals surface area contributed by atoms with Crippen molar-refractivity contribution < 1.29 is 0 Å². The molecule has 108 valence electrons. The molecular weight excluding hydrogens is 302 g/mol. The summed E-state index contributed by atoms with van der Waals surface area (Å²) in [6.07, 6.45) is 1.70. The van der Waals surface area contributed by atoms with Crippen LogP contribution in [0, 0.1) is 11.3 Å². The first-order valence-corrected chi connectivity index (χ1v) is 8.20. The van der Waals surface area contributed by atoms with Crippen molar-refractivity contribution in [2.75, 3.05) is 20.1 Å². The van der Waals surface area contributed by atoms with E-state index < -0.39 is 5.41 Å². The second kappa shape index (κ2) is 5.76. The van der Waals surface area contributed by atoms with E-state index in [1.807, 2.05) is 29.6 Å². The van der Waals surface area contributed by atoms with Gasteiger partial charge in [0.1, 0.15) is 10.4 Å². The quantitative estimate of drug-likeness (QED) is 0.842. The molecule has 0 atom stereocenters. The maximum atomic E-state index is 9.68. The SMILES string of the molecule is CN1CCC(C#N)(c2csc(-c3ccc(Cl)cc3)n2)CC1. The number of aromatic nitrogens is 1. The van der Waals surface area contributed by atoms with Gasteiger partial charge in [-0.05, 0) is 45.1 Å². The molecule has 0 saturated carbocycles. The molecule has 0 unspecified atom stereocenters. The van der Waals surface area contributed by atoms with Crippen LogP contribution in [0.15, 0.2) is 29.6 Å². The van der Waals surface area contributed by atoms with Crippen LogP contribution >= 0.6 is 22.9 Å². The van der Waals surface area contributed by atoms with E-state index in [1.165, 1.54) is 0 Å². The van der Waals surface area contributed by atoms with E-state index in [0.717, 1.165) is 47.2 Å². The highest BCUT2D eigenvalue weighted by atomic mass is 35.5. The van der Waals surface area contributed by atoms with E-state index in [1.54, 1.807) is 11.3 Å². The Morgan fingerprint density at radius 2 is 1.95 bits per heavy atom. The zero-order chi connectivity index (χ0) is 14.9. The van der Waals surface area contributed by atoms with Crippen molar-refractivity contribution in [3.63, 3.8) is 0 Å². The molecule has 0 aliphatic carbocycles. The topological polar surface area (TPSA) is 39.9 Å². The highest BCUT2D eigenvalue weighted by molar-refractivity contribution is 7.13. The number of likely N-dealkylation sites (tertiary alicyclic amines) is 1. The molecule has 2 heterocycles. The Hall–Kier alpha value is -1.41. The summed E-state index contributed by atoms with van der Waals surface area (Å²) in [6.45, 7) is 1.89. The first-order valence-electron chi connectivity index (χ1n) is 6.95. The first-order chi connectivity index (χ1) is 10.1. The summed E-state index contributed by atoms with van der Waals surface area (Å²) in [7, 11) is 2.10. The van der Waals surface area contributed by atoms with E-state index in [2.05, 4.69) is 18.0 Å². The number of halogens is 1. The van der Waals surface area contributed by atoms with Crippen molar-refractivity contribution >= 4 is 22.9 Å². The minimum absolute atomic E-state index is 0.423. The summed E-state index contributed by atoms with van der Waals surface area (Å²) in [6, 6.07) is 10.2. The molecule has 1 saturated heterocycles. The van der Waals surface area contributed by atoms with E-state index >= 15 is 0 Å². The fraction of sp³-hybridized carbons (Fsp3) is 0.375. The zero-order valence-corrected chi connectivity index (χ0v) is 13.4. The lowest BCUT2D eigenvalue weighted by Gasteiger charge is -2.34. The molecule has 1 aliphatic rings. The Balaban J connectivity index is 1.90. The first kappa shape index (κ1) is 14.5. The predicted octanol–water partition coefficient (Wildman–Crippen LogP) is 3.95. The molecule has 1 fully saturated rings. The van der Waals surface area contributed by atoms with Gasteiger partial charge < -0.3 is 4.90 Å². The summed E-state index contributed by atoms with van der Waals surface area (Å²) in [5, 5.41) is 13.4. The molecule has 0 amide bonds. The Labute approximate surface area is 133 Å². The number of piperidine rings is 1. The van der Waals surface area contributed by atoms with Gasteiger partial charge in [0, 0.05) is 16.0 Å². The number of hydrogen-bond acceptors (Lipinski definition) is 4. The van der Waals surface area contributed by atoms with Crippen LogP contribution in [0.1, 0.15) is 18.5 Å². The lowest BCUT2D eigenvalue weighted by molar-refractivity contribution is 0.219. The van der Waals surface area contributed by atoms with Crippen LogP contribution < -0.4 is 0 Å². The molecule has 21 heavy (non-hydrogen) atoms. The predicted molar refractivity (Wildman–Crippen MR) is 86.6 cm³/mol. The molecular formula is C16H16ClN3S. The van der Waals surface area contributed by atoms with E-state index in [4.69, 9.17) is 16.6 Å². The summed E-state index contributed by atoms with van der Waals surface area (Å²) < 4.78 is 0. The van der Waals surface area contributed by atoms with Gasteiger partial charge in [-0.15, -0.1) is 11.3 Å². The molecule has 3 nitrogen and oxygen atoms in total. The molecule has 5 heteroatoms. The number of hydrogen-bond donors (Lipinski definition) is 0. The Morgan fingerprint density at radius 3 is 2.57 bits per heavy atom. The van der Waals surface area contributed by atoms with Crippen molar-refractivity contribution in [3.8, 4) is 16.6 Å². The molecule has 1 aromatic heterocycles. The average molecular weight is 318 g/mol. The standard InChI is InChI=1S/C16H16ClN3S/c1-20-8-6-16(11-18,7-9-20)14-10-21-15(19-14)12-2-4-13(17)5-3-12/h2-5,10H,6-9H2,1H3. The Kier molecular flexibility index (Phi) is 3.99. The van der Waals surface area contributed by atoms with Crippen LogP contribution in [0.25, 0.3) is 10.6 Å². The van der Waals surface area contributed by atoms with E-state index in [9.17, 15) is 5.26 Å². The minimum Gasteiger partial charge on any atom is -0.306 e. The number of nitriles is 1. The van der Waals surface area contributed by atoms with Gasteiger partial charge in [0.15, 0.2) is 0 Å². The smallest absolute Gasteiger partial charge is 0.123 e. The van der Waals surface area contributed by atoms with Gasteiger partial charge in [0.2, 0.25) is 0 Å². The maximum Gasteiger partial charge on any atom is 0.123 e. The molecule has 1 aliphatic heterocycles. The Bertz CT molecular complexity index is 664. The lowest BCUT2D eigenvalue weighted by atomic mass is 9.77. The van der Waals surface area contributed by atoms with Gasteiger partial charge in [-0.1, -0.05) is 23.7 Å². The van der Waals surface area contributed by atoms with Crippen LogP contribution in [0.3, 0.4) is 0 Å². The van der Waals surface area contributed by atoms with Gasteiger partial charge in [0.25, 0.3) is 0 Å². The number of benzene rings is 1. The zero-order valence-electron chi connectivity index (χ0n) is 11.8. The van der Waals surface area contributed by atoms with Gasteiger partial charge >= 0.3 is 0 Å². The third-order valence-corrected chi connectivity index (χ3v) is 5.28. The fourth-order valence-electron chi connectivity index (χ4n) is 2.64. The highest BCUT2D eigenvalue weighted by Crippen LogP contribution is 2.37. The summed E-state index contributed by atoms with van der Waals surface area (Å²) >= 11 is 7.52. The van der Waals surface area contributed by atoms with Crippen LogP contribution in [0.5, 0.6) is 0 Å². The van der Waals surface area contributed by atoms with Crippen LogP contribution in [-0.4, -0.2) is 30.0 Å². The van der Waals surface area contributed by atoms with Crippen molar-refractivity contribution in [2.24, 2.45) is 0 Å². The third kappa shape index (κ3) is 2.82. The molecule has 2 aromatic rings. The number of thiazole rings is 1. The van der Waals surface area contributed by atoms with Crippen molar-refractivity contribution in [1.29, 1.82) is 5.26 Å². The number of rotatable bonds is 2. The fourth-order valence-corrected chi connectivity index (χ4v) is 3.69. The van der Waals surface area contributed by atoms with Crippen molar-refractivity contribution in [2.45, 2.75) is 18.3 Å². The van der Waals surface area contributed by atoms with Gasteiger partial charge in [-0.3, -0.25) is 0 Å². The van der Waals surface area contributed by atoms with E-state index in [0.29, 0.717) is 0 Å². The van der Waals surface area contributed by atoms with Gasteiger partial charge in [-0.2, -0.15) is 5.26 Å². The van der Waals surface area contributed by atoms with Crippen LogP contribution in [0.4, 0.5) is 0 Å². The summed E-state index contributed by atoms with van der Waals surface area (Å²) in [4.78, 5) is 7.00. The molecule has 0 N–H and O–H groups in total. The minimum atomic E-state index is -0.423. The molecule has 0 bridgehead atoms. The van der Waals surface area contributed by atoms with Gasteiger partial charge in [-0.25, -0.2) is 4.98 Å². The third-order valence-electron chi connectivity index (χ3n) is 4.14. The van der Waals surface area contributed by atoms with Crippen LogP contribution in [-0.2, 0) is 5.41 Å². The lowest BCUT2D eigenvalue weighted by Crippen LogP contribution is -2.40. The molecule has 3 rings (SSSR count). The summed E-state index contributed by atoms with van der Waals surface area (Å²) in [5.41, 5.74) is 1.55. The second-order valence-electron chi connectivity index (χ2n) is 5.54. The van der Waals surface area contributed by atoms with Crippen molar-refractivity contribution in [3.05, 3.63) is 40.4 Å². The maximum absolute atomic E-state index is 9.68. The second-order valence-corrected chi connectivity index (χ2v) is 6.84. The van der Waals surface area contributed by atoms with E-state index in [-0.39, 0.29) is 0 Å².